The molecule has 1 atom stereocenters. The lowest BCUT2D eigenvalue weighted by Crippen LogP contribution is -2.29. The zero-order valence-electron chi connectivity index (χ0n) is 19.0. The van der Waals surface area contributed by atoms with E-state index in [1.807, 2.05) is 19.1 Å². The van der Waals surface area contributed by atoms with Crippen molar-refractivity contribution in [3.63, 3.8) is 0 Å². The first kappa shape index (κ1) is 22.8. The van der Waals surface area contributed by atoms with Crippen molar-refractivity contribution in [3.05, 3.63) is 63.5 Å². The van der Waals surface area contributed by atoms with E-state index in [-0.39, 0.29) is 11.3 Å². The number of imidazole rings is 1. The standard InChI is InChI=1S/C23H25F3N6O/c1-12(14-7-6-8-17(20(14)24)23(25,26)11-27-3)28-21-16-10-19-18(31(4)22(33)32(19)5)9-15(16)13(2)29-30-21/h6-10,12,27H,11H2,1-5H3,(H,28,30). The van der Waals surface area contributed by atoms with Gasteiger partial charge in [0, 0.05) is 30.4 Å². The van der Waals surface area contributed by atoms with E-state index in [9.17, 15) is 13.6 Å². The molecular formula is C23H25F3N6O. The highest BCUT2D eigenvalue weighted by atomic mass is 19.3. The molecule has 1 unspecified atom stereocenters. The lowest BCUT2D eigenvalue weighted by molar-refractivity contribution is -0.00488. The van der Waals surface area contributed by atoms with Gasteiger partial charge < -0.3 is 10.6 Å². The Bertz CT molecular complexity index is 1430. The normalized spacial score (nSPS) is 13.1. The van der Waals surface area contributed by atoms with Crippen LogP contribution < -0.4 is 16.3 Å². The number of anilines is 1. The Morgan fingerprint density at radius 2 is 1.73 bits per heavy atom. The molecule has 2 N–H and O–H groups in total. The third-order valence-corrected chi connectivity index (χ3v) is 6.00. The van der Waals surface area contributed by atoms with Crippen LogP contribution in [-0.4, -0.2) is 32.9 Å². The molecule has 2 heterocycles. The maximum atomic E-state index is 15.1. The van der Waals surface area contributed by atoms with Crippen LogP contribution >= 0.6 is 0 Å². The topological polar surface area (TPSA) is 76.8 Å². The largest absolute Gasteiger partial charge is 0.361 e. The van der Waals surface area contributed by atoms with Crippen LogP contribution in [0, 0.1) is 12.7 Å². The summed E-state index contributed by atoms with van der Waals surface area (Å²) in [6, 6.07) is 7.00. The third-order valence-electron chi connectivity index (χ3n) is 6.00. The fourth-order valence-corrected chi connectivity index (χ4v) is 4.15. The van der Waals surface area contributed by atoms with Crippen molar-refractivity contribution in [2.24, 2.45) is 14.1 Å². The van der Waals surface area contributed by atoms with Crippen molar-refractivity contribution in [2.45, 2.75) is 25.8 Å². The predicted octanol–water partition coefficient (Wildman–Crippen LogP) is 3.75. The van der Waals surface area contributed by atoms with Crippen molar-refractivity contribution in [2.75, 3.05) is 18.9 Å². The molecule has 33 heavy (non-hydrogen) atoms. The number of alkyl halides is 2. The SMILES string of the molecule is CNCC(F)(F)c1cccc(C(C)Nc2nnc(C)c3cc4c(cc23)n(C)c(=O)n4C)c1F. The highest BCUT2D eigenvalue weighted by Crippen LogP contribution is 2.34. The zero-order chi connectivity index (χ0) is 24.1. The van der Waals surface area contributed by atoms with E-state index < -0.39 is 29.9 Å². The summed E-state index contributed by atoms with van der Waals surface area (Å²) in [7, 11) is 4.77. The molecule has 0 fully saturated rings. The number of fused-ring (bicyclic) bond motifs is 2. The first-order valence-corrected chi connectivity index (χ1v) is 10.5. The molecule has 10 heteroatoms. The Labute approximate surface area is 188 Å². The molecule has 0 amide bonds. The number of nitrogens with zero attached hydrogens (tertiary/aromatic N) is 4. The summed E-state index contributed by atoms with van der Waals surface area (Å²) in [6.07, 6.45) is 0. The van der Waals surface area contributed by atoms with Gasteiger partial charge in [-0.15, -0.1) is 5.10 Å². The molecule has 0 aliphatic rings. The highest BCUT2D eigenvalue weighted by molar-refractivity contribution is 6.01. The van der Waals surface area contributed by atoms with Gasteiger partial charge in [0.2, 0.25) is 0 Å². The summed E-state index contributed by atoms with van der Waals surface area (Å²) in [4.78, 5) is 12.4. The molecule has 0 aliphatic heterocycles. The summed E-state index contributed by atoms with van der Waals surface area (Å²) in [5, 5.41) is 15.4. The number of aryl methyl sites for hydroxylation is 3. The molecule has 0 saturated carbocycles. The number of hydrogen-bond donors (Lipinski definition) is 2. The minimum atomic E-state index is -3.35. The van der Waals surface area contributed by atoms with E-state index in [1.165, 1.54) is 23.7 Å². The Morgan fingerprint density at radius 3 is 2.36 bits per heavy atom. The van der Waals surface area contributed by atoms with Crippen molar-refractivity contribution < 1.29 is 13.2 Å². The molecule has 0 radical (unpaired) electrons. The number of nitrogens with one attached hydrogen (secondary N) is 2. The molecule has 0 saturated heterocycles. The number of hydrogen-bond acceptors (Lipinski definition) is 5. The molecule has 2 aromatic carbocycles. The van der Waals surface area contributed by atoms with E-state index in [4.69, 9.17) is 0 Å². The second-order valence-corrected chi connectivity index (χ2v) is 8.23. The maximum absolute atomic E-state index is 15.1. The smallest absolute Gasteiger partial charge is 0.328 e. The predicted molar refractivity (Wildman–Crippen MR) is 122 cm³/mol. The van der Waals surface area contributed by atoms with Crippen molar-refractivity contribution in [3.8, 4) is 0 Å². The molecule has 2 aromatic heterocycles. The van der Waals surface area contributed by atoms with E-state index in [0.717, 1.165) is 17.0 Å². The Hall–Kier alpha value is -3.40. The summed E-state index contributed by atoms with van der Waals surface area (Å²) in [5.41, 5.74) is 1.38. The number of aromatic nitrogens is 4. The molecule has 0 aliphatic carbocycles. The van der Waals surface area contributed by atoms with Crippen LogP contribution in [0.4, 0.5) is 19.0 Å². The summed E-state index contributed by atoms with van der Waals surface area (Å²) in [6.45, 7) is 2.81. The molecule has 0 spiro atoms. The Balaban J connectivity index is 1.80. The summed E-state index contributed by atoms with van der Waals surface area (Å²) < 4.78 is 47.0. The number of rotatable bonds is 6. The minimum absolute atomic E-state index is 0.0898. The van der Waals surface area contributed by atoms with Crippen LogP contribution in [0.2, 0.25) is 0 Å². The number of likely N-dealkylation sites (N-methyl/N-ethyl adjacent to an activating group) is 1. The van der Waals surface area contributed by atoms with Gasteiger partial charge >= 0.3 is 5.69 Å². The lowest BCUT2D eigenvalue weighted by Gasteiger charge is -2.21. The second kappa shape index (κ2) is 8.18. The van der Waals surface area contributed by atoms with Gasteiger partial charge in [-0.1, -0.05) is 18.2 Å². The first-order chi connectivity index (χ1) is 15.6. The van der Waals surface area contributed by atoms with Crippen molar-refractivity contribution in [1.29, 1.82) is 0 Å². The molecular weight excluding hydrogens is 433 g/mol. The third kappa shape index (κ3) is 3.74. The van der Waals surface area contributed by atoms with Gasteiger partial charge in [-0.3, -0.25) is 9.13 Å². The monoisotopic (exact) mass is 458 g/mol. The molecule has 7 nitrogen and oxygen atoms in total. The average molecular weight is 458 g/mol. The molecule has 4 aromatic rings. The van der Waals surface area contributed by atoms with Crippen LogP contribution in [-0.2, 0) is 20.0 Å². The summed E-state index contributed by atoms with van der Waals surface area (Å²) >= 11 is 0. The van der Waals surface area contributed by atoms with E-state index in [0.29, 0.717) is 22.4 Å². The van der Waals surface area contributed by atoms with Crippen LogP contribution in [0.3, 0.4) is 0 Å². The van der Waals surface area contributed by atoms with Crippen LogP contribution in [0.5, 0.6) is 0 Å². The van der Waals surface area contributed by atoms with Crippen molar-refractivity contribution in [1.82, 2.24) is 24.6 Å². The fraction of sp³-hybridized carbons (Fsp3) is 0.348. The molecule has 0 bridgehead atoms. The van der Waals surface area contributed by atoms with Crippen LogP contribution in [0.1, 0.15) is 29.8 Å². The van der Waals surface area contributed by atoms with Crippen LogP contribution in [0.25, 0.3) is 21.8 Å². The number of halogens is 3. The highest BCUT2D eigenvalue weighted by Gasteiger charge is 2.35. The first-order valence-electron chi connectivity index (χ1n) is 10.5. The Kier molecular flexibility index (Phi) is 5.65. The lowest BCUT2D eigenvalue weighted by atomic mass is 9.99. The minimum Gasteiger partial charge on any atom is -0.361 e. The van der Waals surface area contributed by atoms with Gasteiger partial charge in [-0.2, -0.15) is 13.9 Å². The maximum Gasteiger partial charge on any atom is 0.328 e. The number of benzene rings is 2. The van der Waals surface area contributed by atoms with Gasteiger partial charge in [-0.25, -0.2) is 9.18 Å². The Morgan fingerprint density at radius 1 is 1.09 bits per heavy atom. The van der Waals surface area contributed by atoms with Crippen molar-refractivity contribution >= 4 is 27.6 Å². The average Bonchev–Trinajstić information content (AvgIpc) is 2.98. The van der Waals surface area contributed by atoms with E-state index in [2.05, 4.69) is 20.8 Å². The van der Waals surface area contributed by atoms with Gasteiger partial charge in [-0.05, 0) is 33.0 Å². The second-order valence-electron chi connectivity index (χ2n) is 8.23. The van der Waals surface area contributed by atoms with Gasteiger partial charge in [0.15, 0.2) is 5.82 Å². The van der Waals surface area contributed by atoms with Gasteiger partial charge in [0.05, 0.1) is 34.9 Å². The van der Waals surface area contributed by atoms with Gasteiger partial charge in [0.1, 0.15) is 5.82 Å². The quantitative estimate of drug-likeness (QED) is 0.460. The van der Waals surface area contributed by atoms with E-state index in [1.54, 1.807) is 25.6 Å². The zero-order valence-corrected chi connectivity index (χ0v) is 19.0. The molecule has 174 valence electrons. The van der Waals surface area contributed by atoms with Crippen LogP contribution in [0.15, 0.2) is 35.1 Å². The fourth-order valence-electron chi connectivity index (χ4n) is 4.15. The molecule has 4 rings (SSSR count). The van der Waals surface area contributed by atoms with E-state index >= 15 is 4.39 Å². The van der Waals surface area contributed by atoms with Gasteiger partial charge in [0.25, 0.3) is 5.92 Å². The summed E-state index contributed by atoms with van der Waals surface area (Å²) in [5.74, 6) is -3.95.